The van der Waals surface area contributed by atoms with Gasteiger partial charge in [0.1, 0.15) is 5.69 Å². The normalized spacial score (nSPS) is 24.6. The highest BCUT2D eigenvalue weighted by molar-refractivity contribution is 7.05. The largest absolute Gasteiger partial charge is 0.348 e. The lowest BCUT2D eigenvalue weighted by molar-refractivity contribution is 0.0921. The van der Waals surface area contributed by atoms with Gasteiger partial charge in [0.25, 0.3) is 5.91 Å². The van der Waals surface area contributed by atoms with Crippen molar-refractivity contribution < 1.29 is 4.79 Å². The first-order valence-electron chi connectivity index (χ1n) is 6.19. The van der Waals surface area contributed by atoms with Crippen LogP contribution >= 0.6 is 11.5 Å². The van der Waals surface area contributed by atoms with E-state index in [-0.39, 0.29) is 11.9 Å². The fourth-order valence-electron chi connectivity index (χ4n) is 2.11. The summed E-state index contributed by atoms with van der Waals surface area (Å²) in [5, 5.41) is 6.44. The molecule has 0 saturated carbocycles. The molecule has 1 aliphatic heterocycles. The van der Waals surface area contributed by atoms with E-state index in [1.54, 1.807) is 0 Å². The van der Waals surface area contributed by atoms with Crippen LogP contribution in [0.4, 0.5) is 0 Å². The topological polar surface area (TPSA) is 54.0 Å². The van der Waals surface area contributed by atoms with E-state index >= 15 is 0 Å². The molecular formula is C12H19N3OS. The van der Waals surface area contributed by atoms with Gasteiger partial charge < -0.3 is 10.6 Å². The summed E-state index contributed by atoms with van der Waals surface area (Å²) in [6.45, 7) is 5.20. The number of piperidine rings is 1. The monoisotopic (exact) mass is 253 g/mol. The zero-order valence-electron chi connectivity index (χ0n) is 10.3. The lowest BCUT2D eigenvalue weighted by atomic mass is 10.0. The van der Waals surface area contributed by atoms with Crippen LogP contribution in [0.25, 0.3) is 0 Å². The van der Waals surface area contributed by atoms with E-state index in [1.807, 2.05) is 6.07 Å². The number of hydrogen-bond donors (Lipinski definition) is 2. The van der Waals surface area contributed by atoms with Crippen LogP contribution in [0.3, 0.4) is 0 Å². The number of aromatic nitrogens is 1. The van der Waals surface area contributed by atoms with Gasteiger partial charge in [0.2, 0.25) is 0 Å². The maximum atomic E-state index is 12.0. The lowest BCUT2D eigenvalue weighted by Crippen LogP contribution is -2.46. The van der Waals surface area contributed by atoms with Gasteiger partial charge in [0.15, 0.2) is 0 Å². The first kappa shape index (κ1) is 12.5. The number of carbonyl (C=O) groups is 1. The highest BCUT2D eigenvalue weighted by Gasteiger charge is 2.21. The summed E-state index contributed by atoms with van der Waals surface area (Å²) in [7, 11) is 0. The second-order valence-electron chi connectivity index (χ2n) is 4.58. The zero-order valence-corrected chi connectivity index (χ0v) is 11.1. The van der Waals surface area contributed by atoms with Crippen LogP contribution in [-0.4, -0.2) is 28.9 Å². The van der Waals surface area contributed by atoms with Crippen LogP contribution in [0, 0.1) is 0 Å². The summed E-state index contributed by atoms with van der Waals surface area (Å²) in [6.07, 6.45) is 2.94. The third kappa shape index (κ3) is 3.26. The van der Waals surface area contributed by atoms with Gasteiger partial charge in [0.05, 0.1) is 0 Å². The van der Waals surface area contributed by atoms with Crippen LogP contribution in [0.1, 0.15) is 42.1 Å². The van der Waals surface area contributed by atoms with Crippen molar-refractivity contribution in [1.82, 2.24) is 15.0 Å². The molecule has 1 aromatic rings. The Balaban J connectivity index is 1.92. The molecule has 4 nitrogen and oxygen atoms in total. The number of nitrogens with zero attached hydrogens (tertiary/aromatic N) is 1. The van der Waals surface area contributed by atoms with Crippen molar-refractivity contribution >= 4 is 17.4 Å². The van der Waals surface area contributed by atoms with Gasteiger partial charge in [-0.3, -0.25) is 4.79 Å². The molecule has 1 saturated heterocycles. The molecule has 1 aromatic heterocycles. The summed E-state index contributed by atoms with van der Waals surface area (Å²) in [5.41, 5.74) is 0.568. The number of nitrogens with one attached hydrogen (secondary N) is 2. The average molecular weight is 253 g/mol. The third-order valence-corrected chi connectivity index (χ3v) is 4.03. The molecule has 1 aliphatic rings. The molecule has 0 unspecified atom stereocenters. The van der Waals surface area contributed by atoms with Crippen LogP contribution in [0.5, 0.6) is 0 Å². The van der Waals surface area contributed by atoms with E-state index in [1.165, 1.54) is 11.5 Å². The molecule has 0 spiro atoms. The van der Waals surface area contributed by atoms with E-state index in [9.17, 15) is 4.79 Å². The minimum absolute atomic E-state index is 0.0277. The van der Waals surface area contributed by atoms with Crippen molar-refractivity contribution in [2.24, 2.45) is 0 Å². The van der Waals surface area contributed by atoms with E-state index in [0.717, 1.165) is 30.7 Å². The first-order valence-corrected chi connectivity index (χ1v) is 6.96. The number of amides is 1. The van der Waals surface area contributed by atoms with Crippen molar-refractivity contribution in [3.63, 3.8) is 0 Å². The molecule has 2 N–H and O–H groups in total. The van der Waals surface area contributed by atoms with E-state index in [2.05, 4.69) is 28.9 Å². The standard InChI is InChI=1S/C12H19N3OS/c1-3-10-7-11(15-17-10)12(16)14-9-4-5-13-8(2)6-9/h7-9,13H,3-6H2,1-2H3,(H,14,16)/t8-,9-/m0/s1. The zero-order chi connectivity index (χ0) is 12.3. The van der Waals surface area contributed by atoms with Crippen molar-refractivity contribution in [1.29, 1.82) is 0 Å². The van der Waals surface area contributed by atoms with Gasteiger partial charge in [-0.15, -0.1) is 0 Å². The fraction of sp³-hybridized carbons (Fsp3) is 0.667. The maximum absolute atomic E-state index is 12.0. The molecule has 0 aromatic carbocycles. The summed E-state index contributed by atoms with van der Waals surface area (Å²) in [6, 6.07) is 2.66. The molecule has 1 fully saturated rings. The van der Waals surface area contributed by atoms with Gasteiger partial charge in [-0.05, 0) is 50.3 Å². The molecule has 94 valence electrons. The fourth-order valence-corrected chi connectivity index (χ4v) is 2.75. The molecule has 0 aliphatic carbocycles. The molecule has 2 atom stereocenters. The number of rotatable bonds is 3. The smallest absolute Gasteiger partial charge is 0.271 e. The molecule has 0 radical (unpaired) electrons. The molecule has 1 amide bonds. The van der Waals surface area contributed by atoms with Crippen molar-refractivity contribution in [2.75, 3.05) is 6.54 Å². The molecule has 0 bridgehead atoms. The Morgan fingerprint density at radius 2 is 2.53 bits per heavy atom. The Morgan fingerprint density at radius 3 is 3.18 bits per heavy atom. The van der Waals surface area contributed by atoms with Gasteiger partial charge in [-0.25, -0.2) is 0 Å². The lowest BCUT2D eigenvalue weighted by Gasteiger charge is -2.28. The quantitative estimate of drug-likeness (QED) is 0.860. The summed E-state index contributed by atoms with van der Waals surface area (Å²) >= 11 is 1.42. The Hall–Kier alpha value is -0.940. The summed E-state index contributed by atoms with van der Waals surface area (Å²) in [4.78, 5) is 13.1. The molecule has 2 rings (SSSR count). The highest BCUT2D eigenvalue weighted by atomic mass is 32.1. The Bertz CT molecular complexity index is 391. The van der Waals surface area contributed by atoms with E-state index in [4.69, 9.17) is 0 Å². The predicted molar refractivity (Wildman–Crippen MR) is 69.4 cm³/mol. The van der Waals surface area contributed by atoms with Crippen LogP contribution in [0.2, 0.25) is 0 Å². The molecular weight excluding hydrogens is 234 g/mol. The van der Waals surface area contributed by atoms with Crippen LogP contribution in [-0.2, 0) is 6.42 Å². The third-order valence-electron chi connectivity index (χ3n) is 3.10. The number of carbonyl (C=O) groups excluding carboxylic acids is 1. The van der Waals surface area contributed by atoms with Gasteiger partial charge in [-0.2, -0.15) is 4.37 Å². The van der Waals surface area contributed by atoms with Crippen molar-refractivity contribution in [3.05, 3.63) is 16.6 Å². The highest BCUT2D eigenvalue weighted by Crippen LogP contribution is 2.12. The van der Waals surface area contributed by atoms with Crippen molar-refractivity contribution in [3.8, 4) is 0 Å². The minimum Gasteiger partial charge on any atom is -0.348 e. The Kier molecular flexibility index (Phi) is 4.12. The first-order chi connectivity index (χ1) is 8.19. The van der Waals surface area contributed by atoms with Gasteiger partial charge in [-0.1, -0.05) is 6.92 Å². The predicted octanol–water partition coefficient (Wildman–Crippen LogP) is 1.58. The SMILES string of the molecule is CCc1cc(C(=O)N[C@H]2CCN[C@@H](C)C2)ns1. The summed E-state index contributed by atoms with van der Waals surface area (Å²) in [5.74, 6) is -0.0277. The molecule has 2 heterocycles. The Morgan fingerprint density at radius 1 is 1.71 bits per heavy atom. The molecule has 17 heavy (non-hydrogen) atoms. The maximum Gasteiger partial charge on any atom is 0.271 e. The second kappa shape index (κ2) is 5.60. The van der Waals surface area contributed by atoms with E-state index < -0.39 is 0 Å². The number of aryl methyl sites for hydroxylation is 1. The minimum atomic E-state index is -0.0277. The number of hydrogen-bond acceptors (Lipinski definition) is 4. The average Bonchev–Trinajstić information content (AvgIpc) is 2.77. The van der Waals surface area contributed by atoms with Crippen molar-refractivity contribution in [2.45, 2.75) is 45.2 Å². The Labute approximate surface area is 106 Å². The second-order valence-corrected chi connectivity index (χ2v) is 5.47. The van der Waals surface area contributed by atoms with Gasteiger partial charge >= 0.3 is 0 Å². The van der Waals surface area contributed by atoms with Crippen LogP contribution < -0.4 is 10.6 Å². The van der Waals surface area contributed by atoms with Crippen LogP contribution in [0.15, 0.2) is 6.07 Å². The summed E-state index contributed by atoms with van der Waals surface area (Å²) < 4.78 is 4.19. The van der Waals surface area contributed by atoms with E-state index in [0.29, 0.717) is 11.7 Å². The van der Waals surface area contributed by atoms with Gasteiger partial charge in [0, 0.05) is 17.0 Å². The molecule has 5 heteroatoms.